The lowest BCUT2D eigenvalue weighted by atomic mass is 10.0. The molecule has 10 nitrogen and oxygen atoms in total. The molecule has 1 aliphatic carbocycles. The average Bonchev–Trinajstić information content (AvgIpc) is 3.75. The van der Waals surface area contributed by atoms with E-state index in [-0.39, 0.29) is 42.9 Å². The summed E-state index contributed by atoms with van der Waals surface area (Å²) in [4.78, 5) is 49.1. The maximum absolute atomic E-state index is 13.3. The van der Waals surface area contributed by atoms with Crippen LogP contribution in [0.3, 0.4) is 0 Å². The molecule has 3 aliphatic rings. The van der Waals surface area contributed by atoms with Crippen LogP contribution in [0.5, 0.6) is 0 Å². The molecule has 3 aromatic rings. The van der Waals surface area contributed by atoms with Gasteiger partial charge in [-0.1, -0.05) is 41.9 Å². The molecular weight excluding hydrogens is 544 g/mol. The third-order valence-electron chi connectivity index (χ3n) is 7.55. The smallest absolute Gasteiger partial charge is 0.254 e. The van der Waals surface area contributed by atoms with Gasteiger partial charge < -0.3 is 25.6 Å². The Morgan fingerprint density at radius 3 is 2.66 bits per heavy atom. The quantitative estimate of drug-likeness (QED) is 0.357. The number of rotatable bonds is 9. The third kappa shape index (κ3) is 6.34. The predicted octanol–water partition coefficient (Wildman–Crippen LogP) is 3.55. The Kier molecular flexibility index (Phi) is 7.84. The maximum Gasteiger partial charge on any atom is 0.254 e. The number of halogens is 1. The van der Waals surface area contributed by atoms with E-state index < -0.39 is 0 Å². The molecule has 1 aromatic heterocycles. The zero-order chi connectivity index (χ0) is 28.3. The highest BCUT2D eigenvalue weighted by molar-refractivity contribution is 6.33. The van der Waals surface area contributed by atoms with Gasteiger partial charge in [-0.2, -0.15) is 0 Å². The summed E-state index contributed by atoms with van der Waals surface area (Å²) >= 11 is 6.46. The first kappa shape index (κ1) is 27.2. The Hall–Kier alpha value is -4.02. The molecule has 0 radical (unpaired) electrons. The minimum Gasteiger partial charge on any atom is -0.381 e. The van der Waals surface area contributed by atoms with E-state index in [1.807, 2.05) is 24.3 Å². The molecule has 1 saturated carbocycles. The van der Waals surface area contributed by atoms with E-state index in [0.717, 1.165) is 36.8 Å². The van der Waals surface area contributed by atoms with Crippen molar-refractivity contribution in [2.45, 2.75) is 50.9 Å². The fourth-order valence-electron chi connectivity index (χ4n) is 5.11. The van der Waals surface area contributed by atoms with Crippen LogP contribution in [0.15, 0.2) is 48.7 Å². The van der Waals surface area contributed by atoms with Gasteiger partial charge in [-0.05, 0) is 48.9 Å². The van der Waals surface area contributed by atoms with Gasteiger partial charge in [-0.3, -0.25) is 14.4 Å². The first-order chi connectivity index (χ1) is 19.9. The number of carbonyl (C=O) groups is 3. The molecular formula is C30H31ClN6O4. The average molecular weight is 575 g/mol. The van der Waals surface area contributed by atoms with E-state index >= 15 is 0 Å². The summed E-state index contributed by atoms with van der Waals surface area (Å²) in [7, 11) is 0. The normalized spacial score (nSPS) is 16.8. The molecule has 3 heterocycles. The number of aromatic nitrogens is 2. The molecule has 0 unspecified atom stereocenters. The minimum atomic E-state index is -0.300. The number of fused-ring (bicyclic) bond motifs is 1. The molecule has 1 saturated heterocycles. The first-order valence-electron chi connectivity index (χ1n) is 13.9. The highest BCUT2D eigenvalue weighted by Crippen LogP contribution is 2.31. The van der Waals surface area contributed by atoms with E-state index in [0.29, 0.717) is 53.1 Å². The lowest BCUT2D eigenvalue weighted by Crippen LogP contribution is -2.37. The van der Waals surface area contributed by atoms with E-state index in [2.05, 4.69) is 25.9 Å². The van der Waals surface area contributed by atoms with Crippen molar-refractivity contribution < 1.29 is 19.1 Å². The monoisotopic (exact) mass is 574 g/mol. The van der Waals surface area contributed by atoms with Gasteiger partial charge >= 0.3 is 0 Å². The van der Waals surface area contributed by atoms with Crippen molar-refractivity contribution in [3.63, 3.8) is 0 Å². The third-order valence-corrected chi connectivity index (χ3v) is 7.82. The minimum absolute atomic E-state index is 0.0906. The molecule has 6 rings (SSSR count). The van der Waals surface area contributed by atoms with Gasteiger partial charge in [-0.25, -0.2) is 9.97 Å². The first-order valence-corrected chi connectivity index (χ1v) is 14.3. The Labute approximate surface area is 242 Å². The van der Waals surface area contributed by atoms with E-state index in [1.54, 1.807) is 24.4 Å². The maximum atomic E-state index is 13.3. The Balaban J connectivity index is 1.09. The zero-order valence-corrected chi connectivity index (χ0v) is 23.2. The summed E-state index contributed by atoms with van der Waals surface area (Å²) in [6.07, 6.45) is 5.31. The van der Waals surface area contributed by atoms with Crippen LogP contribution in [0.25, 0.3) is 11.3 Å². The number of anilines is 1. The number of amides is 3. The largest absolute Gasteiger partial charge is 0.381 e. The zero-order valence-electron chi connectivity index (χ0n) is 22.5. The summed E-state index contributed by atoms with van der Waals surface area (Å²) in [5.41, 5.74) is 3.86. The topological polar surface area (TPSA) is 126 Å². The van der Waals surface area contributed by atoms with Gasteiger partial charge in [0.15, 0.2) is 0 Å². The summed E-state index contributed by atoms with van der Waals surface area (Å²) < 4.78 is 5.42. The van der Waals surface area contributed by atoms with Crippen LogP contribution in [-0.2, 0) is 22.6 Å². The summed E-state index contributed by atoms with van der Waals surface area (Å²) in [6, 6.07) is 13.2. The van der Waals surface area contributed by atoms with Crippen LogP contribution in [0.4, 0.5) is 5.95 Å². The molecule has 11 heteroatoms. The molecule has 212 valence electrons. The number of nitrogens with one attached hydrogen (secondary N) is 3. The van der Waals surface area contributed by atoms with Gasteiger partial charge in [-0.15, -0.1) is 0 Å². The number of benzene rings is 2. The van der Waals surface area contributed by atoms with Crippen molar-refractivity contribution in [3.05, 3.63) is 75.9 Å². The molecule has 0 bridgehead atoms. The fraction of sp³-hybridized carbons (Fsp3) is 0.367. The van der Waals surface area contributed by atoms with Gasteiger partial charge in [0.05, 0.1) is 16.9 Å². The standard InChI is InChI=1S/C30H31ClN6O4/c31-25-15-33-30(35-22-9-11-41-12-10-22)36-27(25)18-5-6-20-16-37(29(40)24(20)13-18)17-26(38)32-14-19-3-1-2-4-23(19)28(39)34-21-7-8-21/h1-6,13,15,21-22H,7-12,14,16-17H2,(H,32,38)(H,34,39)(H,33,35,36). The van der Waals surface area contributed by atoms with E-state index in [1.165, 1.54) is 4.90 Å². The Morgan fingerprint density at radius 2 is 1.85 bits per heavy atom. The molecule has 3 N–H and O–H groups in total. The number of hydrogen-bond acceptors (Lipinski definition) is 7. The van der Waals surface area contributed by atoms with Crippen molar-refractivity contribution in [1.82, 2.24) is 25.5 Å². The molecule has 41 heavy (non-hydrogen) atoms. The van der Waals surface area contributed by atoms with Gasteiger partial charge in [0.25, 0.3) is 11.8 Å². The predicted molar refractivity (Wildman–Crippen MR) is 153 cm³/mol. The van der Waals surface area contributed by atoms with Crippen LogP contribution < -0.4 is 16.0 Å². The molecule has 2 aliphatic heterocycles. The van der Waals surface area contributed by atoms with Crippen molar-refractivity contribution in [2.24, 2.45) is 0 Å². The van der Waals surface area contributed by atoms with E-state index in [4.69, 9.17) is 16.3 Å². The number of ether oxygens (including phenoxy) is 1. The lowest BCUT2D eigenvalue weighted by molar-refractivity contribution is -0.122. The second-order valence-electron chi connectivity index (χ2n) is 10.6. The second-order valence-corrected chi connectivity index (χ2v) is 11.0. The number of hydrogen-bond donors (Lipinski definition) is 3. The van der Waals surface area contributed by atoms with Gasteiger partial charge in [0.2, 0.25) is 11.9 Å². The molecule has 3 amide bonds. The highest BCUT2D eigenvalue weighted by atomic mass is 35.5. The number of carbonyl (C=O) groups excluding carboxylic acids is 3. The lowest BCUT2D eigenvalue weighted by Gasteiger charge is -2.23. The fourth-order valence-corrected chi connectivity index (χ4v) is 5.31. The molecule has 2 aromatic carbocycles. The summed E-state index contributed by atoms with van der Waals surface area (Å²) in [6.45, 7) is 1.83. The Morgan fingerprint density at radius 1 is 1.05 bits per heavy atom. The van der Waals surface area contributed by atoms with Crippen molar-refractivity contribution >= 4 is 35.3 Å². The number of nitrogens with zero attached hydrogens (tertiary/aromatic N) is 3. The van der Waals surface area contributed by atoms with Crippen molar-refractivity contribution in [3.8, 4) is 11.3 Å². The highest BCUT2D eigenvalue weighted by Gasteiger charge is 2.30. The summed E-state index contributed by atoms with van der Waals surface area (Å²) in [5, 5.41) is 9.58. The second kappa shape index (κ2) is 11.8. The van der Waals surface area contributed by atoms with Crippen LogP contribution in [0.1, 0.15) is 57.5 Å². The van der Waals surface area contributed by atoms with Crippen LogP contribution in [0, 0.1) is 0 Å². The van der Waals surface area contributed by atoms with Crippen LogP contribution in [-0.4, -0.2) is 64.4 Å². The van der Waals surface area contributed by atoms with Crippen LogP contribution in [0.2, 0.25) is 5.02 Å². The molecule has 0 atom stereocenters. The van der Waals surface area contributed by atoms with Crippen molar-refractivity contribution in [1.29, 1.82) is 0 Å². The Bertz CT molecular complexity index is 1490. The van der Waals surface area contributed by atoms with Gasteiger partial charge in [0.1, 0.15) is 6.54 Å². The van der Waals surface area contributed by atoms with Gasteiger partial charge in [0, 0.05) is 55.1 Å². The van der Waals surface area contributed by atoms with E-state index in [9.17, 15) is 14.4 Å². The van der Waals surface area contributed by atoms with Crippen LogP contribution >= 0.6 is 11.6 Å². The summed E-state index contributed by atoms with van der Waals surface area (Å²) in [5.74, 6) is -0.181. The molecule has 2 fully saturated rings. The molecule has 0 spiro atoms. The SMILES string of the molecule is O=C(CN1Cc2ccc(-c3nc(NC4CCOCC4)ncc3Cl)cc2C1=O)NCc1ccccc1C(=O)NC1CC1. The van der Waals surface area contributed by atoms with Crippen molar-refractivity contribution in [2.75, 3.05) is 25.1 Å².